The lowest BCUT2D eigenvalue weighted by atomic mass is 10.1. The Morgan fingerprint density at radius 3 is 3.08 bits per heavy atom. The first-order valence-corrected chi connectivity index (χ1v) is 8.28. The minimum absolute atomic E-state index is 0.164. The highest BCUT2D eigenvalue weighted by Gasteiger charge is 2.20. The van der Waals surface area contributed by atoms with E-state index in [-0.39, 0.29) is 17.6 Å². The standard InChI is InChI=1S/C16H15N3O4S/c1-9-6-18-16(22)19-15(9)24-8-13(20)17-7-10-2-3-11-5-14(21)23-12(11)4-10/h2-4,6H,5,7-8H2,1H3,(H,17,20)(H,18,19,22). The zero-order chi connectivity index (χ0) is 17.1. The van der Waals surface area contributed by atoms with Crippen molar-refractivity contribution in [3.8, 4) is 5.75 Å². The van der Waals surface area contributed by atoms with Crippen LogP contribution in [0, 0.1) is 6.92 Å². The normalized spacial score (nSPS) is 12.6. The summed E-state index contributed by atoms with van der Waals surface area (Å²) in [5.41, 5.74) is 2.10. The lowest BCUT2D eigenvalue weighted by molar-refractivity contribution is -0.131. The lowest BCUT2D eigenvalue weighted by Crippen LogP contribution is -2.24. The number of thioether (sulfide) groups is 1. The first kappa shape index (κ1) is 16.3. The van der Waals surface area contributed by atoms with Crippen LogP contribution in [0.25, 0.3) is 0 Å². The van der Waals surface area contributed by atoms with Crippen molar-refractivity contribution < 1.29 is 14.3 Å². The van der Waals surface area contributed by atoms with Gasteiger partial charge in [-0.3, -0.25) is 9.59 Å². The second-order valence-electron chi connectivity index (χ2n) is 5.35. The third-order valence-corrected chi connectivity index (χ3v) is 4.57. The van der Waals surface area contributed by atoms with Crippen molar-refractivity contribution in [3.05, 3.63) is 51.6 Å². The van der Waals surface area contributed by atoms with Crippen molar-refractivity contribution in [3.63, 3.8) is 0 Å². The number of aryl methyl sites for hydroxylation is 1. The van der Waals surface area contributed by atoms with E-state index in [1.54, 1.807) is 12.3 Å². The highest BCUT2D eigenvalue weighted by Crippen LogP contribution is 2.26. The van der Waals surface area contributed by atoms with Gasteiger partial charge in [0.2, 0.25) is 5.91 Å². The van der Waals surface area contributed by atoms with Crippen LogP contribution < -0.4 is 15.7 Å². The summed E-state index contributed by atoms with van der Waals surface area (Å²) in [6, 6.07) is 5.45. The molecule has 0 saturated carbocycles. The molecule has 0 unspecified atom stereocenters. The Hall–Kier alpha value is -2.61. The molecule has 2 N–H and O–H groups in total. The molecule has 0 saturated heterocycles. The van der Waals surface area contributed by atoms with E-state index in [2.05, 4.69) is 15.3 Å². The molecule has 0 fully saturated rings. The smallest absolute Gasteiger partial charge is 0.345 e. The van der Waals surface area contributed by atoms with E-state index in [0.717, 1.165) is 16.7 Å². The van der Waals surface area contributed by atoms with Gasteiger partial charge in [0.25, 0.3) is 0 Å². The molecule has 24 heavy (non-hydrogen) atoms. The summed E-state index contributed by atoms with van der Waals surface area (Å²) < 4.78 is 5.09. The maximum Gasteiger partial charge on any atom is 0.345 e. The van der Waals surface area contributed by atoms with Crippen molar-refractivity contribution >= 4 is 23.6 Å². The second kappa shape index (κ2) is 6.88. The number of nitrogens with zero attached hydrogens (tertiary/aromatic N) is 1. The van der Waals surface area contributed by atoms with E-state index in [4.69, 9.17) is 4.74 Å². The van der Waals surface area contributed by atoms with E-state index < -0.39 is 5.69 Å². The van der Waals surface area contributed by atoms with E-state index >= 15 is 0 Å². The first-order chi connectivity index (χ1) is 11.5. The Balaban J connectivity index is 1.53. The average Bonchev–Trinajstić information content (AvgIpc) is 2.93. The van der Waals surface area contributed by atoms with Crippen LogP contribution in [0.15, 0.2) is 34.2 Å². The largest absolute Gasteiger partial charge is 0.426 e. The van der Waals surface area contributed by atoms with Gasteiger partial charge in [-0.05, 0) is 24.1 Å². The number of nitrogens with one attached hydrogen (secondary N) is 2. The summed E-state index contributed by atoms with van der Waals surface area (Å²) in [5, 5.41) is 3.33. The number of rotatable bonds is 5. The van der Waals surface area contributed by atoms with Gasteiger partial charge in [-0.2, -0.15) is 4.98 Å². The third-order valence-electron chi connectivity index (χ3n) is 3.47. The molecule has 8 heteroatoms. The van der Waals surface area contributed by atoms with Crippen LogP contribution in [0.2, 0.25) is 0 Å². The summed E-state index contributed by atoms with van der Waals surface area (Å²) in [6.45, 7) is 2.15. The number of hydrogen-bond donors (Lipinski definition) is 2. The number of aromatic nitrogens is 2. The van der Waals surface area contributed by atoms with Crippen molar-refractivity contribution in [2.45, 2.75) is 24.9 Å². The SMILES string of the molecule is Cc1c[nH]c(=O)nc1SCC(=O)NCc1ccc2c(c1)OC(=O)C2. The number of fused-ring (bicyclic) bond motifs is 1. The van der Waals surface area contributed by atoms with E-state index in [9.17, 15) is 14.4 Å². The summed E-state index contributed by atoms with van der Waals surface area (Å²) in [7, 11) is 0. The molecule has 2 heterocycles. The van der Waals surface area contributed by atoms with Crippen LogP contribution in [-0.4, -0.2) is 27.6 Å². The maximum atomic E-state index is 11.9. The van der Waals surface area contributed by atoms with Crippen LogP contribution in [0.3, 0.4) is 0 Å². The molecule has 0 spiro atoms. The average molecular weight is 345 g/mol. The van der Waals surface area contributed by atoms with Gasteiger partial charge < -0.3 is 15.0 Å². The minimum atomic E-state index is -0.434. The quantitative estimate of drug-likeness (QED) is 0.362. The lowest BCUT2D eigenvalue weighted by Gasteiger charge is -2.07. The molecule has 2 aromatic rings. The minimum Gasteiger partial charge on any atom is -0.426 e. The summed E-state index contributed by atoms with van der Waals surface area (Å²) in [5.74, 6) is 0.295. The van der Waals surface area contributed by atoms with Crippen molar-refractivity contribution in [2.24, 2.45) is 0 Å². The molecule has 1 amide bonds. The Morgan fingerprint density at radius 1 is 1.42 bits per heavy atom. The van der Waals surface area contributed by atoms with Gasteiger partial charge in [-0.15, -0.1) is 0 Å². The molecule has 0 bridgehead atoms. The molecule has 0 radical (unpaired) electrons. The summed E-state index contributed by atoms with van der Waals surface area (Å²) >= 11 is 1.21. The van der Waals surface area contributed by atoms with E-state index in [1.807, 2.05) is 19.1 Å². The third kappa shape index (κ3) is 3.83. The molecule has 7 nitrogen and oxygen atoms in total. The number of ether oxygens (including phenoxy) is 1. The van der Waals surface area contributed by atoms with Gasteiger partial charge in [0.15, 0.2) is 0 Å². The molecule has 3 rings (SSSR count). The Bertz CT molecular complexity index is 863. The van der Waals surface area contributed by atoms with E-state index in [1.165, 1.54) is 11.8 Å². The number of carbonyl (C=O) groups excluding carboxylic acids is 2. The molecular weight excluding hydrogens is 330 g/mol. The van der Waals surface area contributed by atoms with Gasteiger partial charge >= 0.3 is 11.7 Å². The van der Waals surface area contributed by atoms with Crippen LogP contribution in [0.1, 0.15) is 16.7 Å². The molecule has 0 aliphatic carbocycles. The molecule has 1 aromatic carbocycles. The Kier molecular flexibility index (Phi) is 4.66. The number of carbonyl (C=O) groups is 2. The number of amides is 1. The first-order valence-electron chi connectivity index (χ1n) is 7.29. The zero-order valence-electron chi connectivity index (χ0n) is 12.9. The van der Waals surface area contributed by atoms with Gasteiger partial charge in [-0.1, -0.05) is 23.9 Å². The monoisotopic (exact) mass is 345 g/mol. The van der Waals surface area contributed by atoms with Crippen LogP contribution in [0.4, 0.5) is 0 Å². The molecular formula is C16H15N3O4S. The predicted molar refractivity (Wildman–Crippen MR) is 87.9 cm³/mol. The van der Waals surface area contributed by atoms with Gasteiger partial charge in [0.05, 0.1) is 12.2 Å². The fourth-order valence-corrected chi connectivity index (χ4v) is 3.04. The van der Waals surface area contributed by atoms with Gasteiger partial charge in [0, 0.05) is 18.3 Å². The van der Waals surface area contributed by atoms with Crippen molar-refractivity contribution in [2.75, 3.05) is 5.75 Å². The van der Waals surface area contributed by atoms with Gasteiger partial charge in [-0.25, -0.2) is 4.79 Å². The molecule has 1 aliphatic heterocycles. The predicted octanol–water partition coefficient (Wildman–Crippen LogP) is 0.948. The van der Waals surface area contributed by atoms with Crippen LogP contribution >= 0.6 is 11.8 Å². The number of benzene rings is 1. The number of aromatic amines is 1. The molecule has 1 aromatic heterocycles. The number of H-pyrrole nitrogens is 1. The van der Waals surface area contributed by atoms with Crippen molar-refractivity contribution in [1.82, 2.24) is 15.3 Å². The number of esters is 1. The molecule has 124 valence electrons. The number of hydrogen-bond acceptors (Lipinski definition) is 6. The van der Waals surface area contributed by atoms with Crippen molar-refractivity contribution in [1.29, 1.82) is 0 Å². The Morgan fingerprint density at radius 2 is 2.25 bits per heavy atom. The van der Waals surface area contributed by atoms with Crippen LogP contribution in [-0.2, 0) is 22.6 Å². The maximum absolute atomic E-state index is 11.9. The molecule has 1 aliphatic rings. The fourth-order valence-electron chi connectivity index (χ4n) is 2.24. The molecule has 0 atom stereocenters. The van der Waals surface area contributed by atoms with Crippen LogP contribution in [0.5, 0.6) is 5.75 Å². The Labute approximate surface area is 141 Å². The topological polar surface area (TPSA) is 101 Å². The summed E-state index contributed by atoms with van der Waals surface area (Å²) in [6.07, 6.45) is 1.86. The van der Waals surface area contributed by atoms with E-state index in [0.29, 0.717) is 23.7 Å². The zero-order valence-corrected chi connectivity index (χ0v) is 13.7. The fraction of sp³-hybridized carbons (Fsp3) is 0.250. The highest BCUT2D eigenvalue weighted by atomic mass is 32.2. The second-order valence-corrected chi connectivity index (χ2v) is 6.32. The van der Waals surface area contributed by atoms with Gasteiger partial charge in [0.1, 0.15) is 10.8 Å². The summed E-state index contributed by atoms with van der Waals surface area (Å²) in [4.78, 5) is 40.7. The highest BCUT2D eigenvalue weighted by molar-refractivity contribution is 7.99.